The van der Waals surface area contributed by atoms with Gasteiger partial charge in [-0.1, -0.05) is 24.6 Å². The number of sulfonamides is 1. The number of imidazole rings is 1. The quantitative estimate of drug-likeness (QED) is 0.635. The number of piperidine rings is 1. The van der Waals surface area contributed by atoms with Gasteiger partial charge in [0, 0.05) is 38.8 Å². The van der Waals surface area contributed by atoms with E-state index < -0.39 is 10.0 Å². The van der Waals surface area contributed by atoms with Crippen molar-refractivity contribution in [1.82, 2.24) is 13.4 Å². The minimum absolute atomic E-state index is 0.0943. The molecule has 8 nitrogen and oxygen atoms in total. The van der Waals surface area contributed by atoms with Crippen molar-refractivity contribution in [2.24, 2.45) is 7.05 Å². The van der Waals surface area contributed by atoms with E-state index in [1.165, 1.54) is 10.4 Å². The van der Waals surface area contributed by atoms with Gasteiger partial charge in [-0.25, -0.2) is 13.2 Å². The van der Waals surface area contributed by atoms with Gasteiger partial charge in [-0.05, 0) is 43.2 Å². The van der Waals surface area contributed by atoms with Crippen LogP contribution in [0.4, 0.5) is 5.69 Å². The molecular weight excluding hydrogens is 416 g/mol. The van der Waals surface area contributed by atoms with Crippen LogP contribution in [0.15, 0.2) is 58.2 Å². The molecule has 9 heteroatoms. The molecule has 2 aromatic carbocycles. The fourth-order valence-electron chi connectivity index (χ4n) is 4.00. The molecule has 1 saturated heterocycles. The number of rotatable bonds is 6. The molecule has 0 unspecified atom stereocenters. The maximum Gasteiger partial charge on any atom is 0.328 e. The predicted molar refractivity (Wildman–Crippen MR) is 119 cm³/mol. The van der Waals surface area contributed by atoms with Crippen molar-refractivity contribution in [2.75, 3.05) is 18.4 Å². The van der Waals surface area contributed by atoms with Gasteiger partial charge in [0.2, 0.25) is 15.9 Å². The Morgan fingerprint density at radius 2 is 1.71 bits per heavy atom. The minimum Gasteiger partial charge on any atom is -0.326 e. The van der Waals surface area contributed by atoms with Crippen molar-refractivity contribution in [3.8, 4) is 0 Å². The topological polar surface area (TPSA) is 93.4 Å². The summed E-state index contributed by atoms with van der Waals surface area (Å²) < 4.78 is 30.4. The molecule has 0 aliphatic carbocycles. The second-order valence-corrected chi connectivity index (χ2v) is 9.71. The molecule has 164 valence electrons. The zero-order valence-electron chi connectivity index (χ0n) is 17.5. The number of nitrogens with zero attached hydrogens (tertiary/aromatic N) is 3. The Balaban J connectivity index is 1.46. The number of hydrogen-bond acceptors (Lipinski definition) is 4. The van der Waals surface area contributed by atoms with Gasteiger partial charge in [-0.2, -0.15) is 4.31 Å². The SMILES string of the molecule is Cn1c(=O)n(CCC(=O)Nc2cccc(S(=O)(=O)N3CCCCC3)c2)c2ccccc21. The Morgan fingerprint density at radius 1 is 1.00 bits per heavy atom. The van der Waals surface area contributed by atoms with E-state index in [1.54, 1.807) is 34.4 Å². The summed E-state index contributed by atoms with van der Waals surface area (Å²) in [6.45, 7) is 1.29. The van der Waals surface area contributed by atoms with Crippen LogP contribution in [0.5, 0.6) is 0 Å². The molecule has 0 saturated carbocycles. The third-order valence-corrected chi connectivity index (χ3v) is 7.58. The molecule has 0 radical (unpaired) electrons. The lowest BCUT2D eigenvalue weighted by Gasteiger charge is -2.26. The Labute approximate surface area is 181 Å². The molecule has 4 rings (SSSR count). The van der Waals surface area contributed by atoms with Crippen LogP contribution >= 0.6 is 0 Å². The molecule has 1 aliphatic heterocycles. The van der Waals surface area contributed by atoms with Crippen LogP contribution in [0.2, 0.25) is 0 Å². The first kappa shape index (κ1) is 21.3. The van der Waals surface area contributed by atoms with Crippen molar-refractivity contribution in [1.29, 1.82) is 0 Å². The smallest absolute Gasteiger partial charge is 0.326 e. The van der Waals surface area contributed by atoms with Gasteiger partial charge in [-0.3, -0.25) is 13.9 Å². The van der Waals surface area contributed by atoms with Gasteiger partial charge in [0.25, 0.3) is 0 Å². The Hall–Kier alpha value is -2.91. The van der Waals surface area contributed by atoms with E-state index >= 15 is 0 Å². The second-order valence-electron chi connectivity index (χ2n) is 7.77. The highest BCUT2D eigenvalue weighted by molar-refractivity contribution is 7.89. The summed E-state index contributed by atoms with van der Waals surface area (Å²) >= 11 is 0. The van der Waals surface area contributed by atoms with E-state index in [2.05, 4.69) is 5.32 Å². The molecule has 0 bridgehead atoms. The average molecular weight is 443 g/mol. The van der Waals surface area contributed by atoms with E-state index in [-0.39, 0.29) is 29.5 Å². The molecule has 3 aromatic rings. The first-order chi connectivity index (χ1) is 14.9. The molecular formula is C22H26N4O4S. The van der Waals surface area contributed by atoms with Crippen molar-refractivity contribution >= 4 is 32.7 Å². The van der Waals surface area contributed by atoms with Gasteiger partial charge in [0.05, 0.1) is 15.9 Å². The molecule has 1 amide bonds. The number of carbonyl (C=O) groups is 1. The van der Waals surface area contributed by atoms with Gasteiger partial charge in [-0.15, -0.1) is 0 Å². The third-order valence-electron chi connectivity index (χ3n) is 5.68. The first-order valence-electron chi connectivity index (χ1n) is 10.4. The summed E-state index contributed by atoms with van der Waals surface area (Å²) in [5.41, 5.74) is 1.83. The number of nitrogens with one attached hydrogen (secondary N) is 1. The van der Waals surface area contributed by atoms with Crippen LogP contribution in [0, 0.1) is 0 Å². The molecule has 0 atom stereocenters. The van der Waals surface area contributed by atoms with E-state index in [0.717, 1.165) is 30.3 Å². The lowest BCUT2D eigenvalue weighted by atomic mass is 10.2. The number of fused-ring (bicyclic) bond motifs is 1. The highest BCUT2D eigenvalue weighted by atomic mass is 32.2. The van der Waals surface area contributed by atoms with E-state index in [4.69, 9.17) is 0 Å². The van der Waals surface area contributed by atoms with Crippen molar-refractivity contribution < 1.29 is 13.2 Å². The number of carbonyl (C=O) groups excluding carboxylic acids is 1. The van der Waals surface area contributed by atoms with Crippen LogP contribution < -0.4 is 11.0 Å². The van der Waals surface area contributed by atoms with Gasteiger partial charge in [0.15, 0.2) is 0 Å². The highest BCUT2D eigenvalue weighted by Gasteiger charge is 2.26. The summed E-state index contributed by atoms with van der Waals surface area (Å²) in [6, 6.07) is 13.8. The molecule has 1 aromatic heterocycles. The molecule has 0 spiro atoms. The molecule has 2 heterocycles. The number of hydrogen-bond donors (Lipinski definition) is 1. The molecule has 31 heavy (non-hydrogen) atoms. The fourth-order valence-corrected chi connectivity index (χ4v) is 5.57. The van der Waals surface area contributed by atoms with Crippen molar-refractivity contribution in [2.45, 2.75) is 37.1 Å². The Morgan fingerprint density at radius 3 is 2.45 bits per heavy atom. The zero-order valence-corrected chi connectivity index (χ0v) is 18.3. The van der Waals surface area contributed by atoms with Crippen LogP contribution in [-0.4, -0.2) is 40.9 Å². The largest absolute Gasteiger partial charge is 0.328 e. The van der Waals surface area contributed by atoms with Gasteiger partial charge in [0.1, 0.15) is 0 Å². The zero-order chi connectivity index (χ0) is 22.0. The summed E-state index contributed by atoms with van der Waals surface area (Å²) in [7, 11) is -1.87. The highest BCUT2D eigenvalue weighted by Crippen LogP contribution is 2.23. The number of anilines is 1. The summed E-state index contributed by atoms with van der Waals surface area (Å²) in [5, 5.41) is 2.76. The predicted octanol–water partition coefficient (Wildman–Crippen LogP) is 2.54. The normalized spacial score (nSPS) is 15.3. The van der Waals surface area contributed by atoms with Crippen molar-refractivity contribution in [3.05, 3.63) is 59.0 Å². The van der Waals surface area contributed by atoms with E-state index in [9.17, 15) is 18.0 Å². The lowest BCUT2D eigenvalue weighted by Crippen LogP contribution is -2.35. The summed E-state index contributed by atoms with van der Waals surface area (Å²) in [6.07, 6.45) is 2.87. The number of aromatic nitrogens is 2. The molecule has 1 fully saturated rings. The molecule has 1 aliphatic rings. The Bertz CT molecular complexity index is 1270. The lowest BCUT2D eigenvalue weighted by molar-refractivity contribution is -0.116. The van der Waals surface area contributed by atoms with E-state index in [0.29, 0.717) is 18.8 Å². The third kappa shape index (κ3) is 4.28. The number of amides is 1. The Kier molecular flexibility index (Phi) is 5.97. The molecule has 1 N–H and O–H groups in total. The van der Waals surface area contributed by atoms with Crippen LogP contribution in [0.3, 0.4) is 0 Å². The second kappa shape index (κ2) is 8.68. The summed E-state index contributed by atoms with van der Waals surface area (Å²) in [5.74, 6) is -0.285. The van der Waals surface area contributed by atoms with E-state index in [1.807, 2.05) is 24.3 Å². The van der Waals surface area contributed by atoms with Crippen LogP contribution in [0.1, 0.15) is 25.7 Å². The minimum atomic E-state index is -3.57. The van der Waals surface area contributed by atoms with Crippen LogP contribution in [-0.2, 0) is 28.4 Å². The average Bonchev–Trinajstić information content (AvgIpc) is 3.03. The van der Waals surface area contributed by atoms with Gasteiger partial charge >= 0.3 is 5.69 Å². The summed E-state index contributed by atoms with van der Waals surface area (Å²) in [4.78, 5) is 25.2. The number of benzene rings is 2. The number of aryl methyl sites for hydroxylation is 2. The van der Waals surface area contributed by atoms with Gasteiger partial charge < -0.3 is 5.32 Å². The fraction of sp³-hybridized carbons (Fsp3) is 0.364. The number of para-hydroxylation sites is 2. The van der Waals surface area contributed by atoms with Crippen molar-refractivity contribution in [3.63, 3.8) is 0 Å². The monoisotopic (exact) mass is 442 g/mol. The maximum atomic E-state index is 12.9. The first-order valence-corrected chi connectivity index (χ1v) is 11.9. The maximum absolute atomic E-state index is 12.9. The standard InChI is InChI=1S/C22H26N4O4S/c1-24-19-10-3-4-11-20(19)26(22(24)28)15-12-21(27)23-17-8-7-9-18(16-17)31(29,30)25-13-5-2-6-14-25/h3-4,7-11,16H,2,5-6,12-15H2,1H3,(H,23,27). The van der Waals surface area contributed by atoms with Crippen LogP contribution in [0.25, 0.3) is 11.0 Å².